The maximum atomic E-state index is 13.2. The summed E-state index contributed by atoms with van der Waals surface area (Å²) in [6, 6.07) is 17.3. The highest BCUT2D eigenvalue weighted by Crippen LogP contribution is 2.20. The lowest BCUT2D eigenvalue weighted by molar-refractivity contribution is 0.102. The van der Waals surface area contributed by atoms with Crippen LogP contribution in [0.5, 0.6) is 0 Å². The first-order chi connectivity index (χ1) is 12.8. The van der Waals surface area contributed by atoms with Crippen LogP contribution in [-0.2, 0) is 10.0 Å². The van der Waals surface area contributed by atoms with Crippen molar-refractivity contribution in [2.24, 2.45) is 0 Å². The van der Waals surface area contributed by atoms with Crippen molar-refractivity contribution >= 4 is 38.9 Å². The Kier molecular flexibility index (Phi) is 5.43. The van der Waals surface area contributed by atoms with E-state index in [1.54, 1.807) is 12.1 Å². The van der Waals surface area contributed by atoms with Crippen molar-refractivity contribution in [3.8, 4) is 0 Å². The van der Waals surface area contributed by atoms with E-state index in [-0.39, 0.29) is 16.1 Å². The summed E-state index contributed by atoms with van der Waals surface area (Å²) in [6.07, 6.45) is 0. The van der Waals surface area contributed by atoms with Crippen molar-refractivity contribution in [3.63, 3.8) is 0 Å². The first-order valence-electron chi connectivity index (χ1n) is 7.79. The summed E-state index contributed by atoms with van der Waals surface area (Å²) in [7, 11) is -3.86. The average Bonchev–Trinajstić information content (AvgIpc) is 2.61. The van der Waals surface area contributed by atoms with Gasteiger partial charge in [-0.3, -0.25) is 9.52 Å². The Balaban J connectivity index is 1.80. The minimum atomic E-state index is -3.86. The smallest absolute Gasteiger partial charge is 0.261 e. The zero-order valence-corrected chi connectivity index (χ0v) is 15.4. The molecule has 0 atom stereocenters. The van der Waals surface area contributed by atoms with E-state index in [4.69, 9.17) is 11.6 Å². The molecule has 0 saturated heterocycles. The number of hydrogen-bond donors (Lipinski definition) is 2. The molecule has 1 amide bonds. The molecule has 138 valence electrons. The van der Waals surface area contributed by atoms with E-state index in [1.807, 2.05) is 0 Å². The number of sulfonamides is 1. The normalized spacial score (nSPS) is 11.0. The zero-order valence-electron chi connectivity index (χ0n) is 13.8. The van der Waals surface area contributed by atoms with E-state index < -0.39 is 21.7 Å². The summed E-state index contributed by atoms with van der Waals surface area (Å²) in [5.41, 5.74) is 0.720. The highest BCUT2D eigenvalue weighted by atomic mass is 35.5. The maximum absolute atomic E-state index is 13.2. The van der Waals surface area contributed by atoms with Gasteiger partial charge in [-0.15, -0.1) is 0 Å². The highest BCUT2D eigenvalue weighted by molar-refractivity contribution is 7.92. The molecule has 2 N–H and O–H groups in total. The minimum Gasteiger partial charge on any atom is -0.322 e. The fourth-order valence-electron chi connectivity index (χ4n) is 2.34. The number of rotatable bonds is 5. The molecule has 3 aromatic carbocycles. The van der Waals surface area contributed by atoms with Crippen LogP contribution in [0.1, 0.15) is 10.4 Å². The Hall–Kier alpha value is -2.90. The molecular weight excluding hydrogens is 391 g/mol. The lowest BCUT2D eigenvalue weighted by atomic mass is 10.2. The van der Waals surface area contributed by atoms with E-state index in [2.05, 4.69) is 10.0 Å². The molecule has 0 radical (unpaired) electrons. The standard InChI is InChI=1S/C19H14ClFN2O3S/c20-14-5-2-9-18(11-14)27(25,26)23-17-8-1-4-13(10-17)19(24)22-16-7-3-6-15(21)12-16/h1-12,23H,(H,22,24). The summed E-state index contributed by atoms with van der Waals surface area (Å²) in [5, 5.41) is 2.85. The fourth-order valence-corrected chi connectivity index (χ4v) is 3.69. The van der Waals surface area contributed by atoms with E-state index in [0.29, 0.717) is 10.7 Å². The van der Waals surface area contributed by atoms with Gasteiger partial charge >= 0.3 is 0 Å². The van der Waals surface area contributed by atoms with Gasteiger partial charge in [0.05, 0.1) is 4.90 Å². The third kappa shape index (κ3) is 4.84. The van der Waals surface area contributed by atoms with Gasteiger partial charge < -0.3 is 5.32 Å². The van der Waals surface area contributed by atoms with Gasteiger partial charge in [-0.2, -0.15) is 0 Å². The second-order valence-electron chi connectivity index (χ2n) is 5.61. The molecule has 0 bridgehead atoms. The lowest BCUT2D eigenvalue weighted by Crippen LogP contribution is -2.15. The van der Waals surface area contributed by atoms with Crippen molar-refractivity contribution in [3.05, 3.63) is 89.2 Å². The Labute approximate surface area is 160 Å². The van der Waals surface area contributed by atoms with Crippen molar-refractivity contribution < 1.29 is 17.6 Å². The van der Waals surface area contributed by atoms with Gasteiger partial charge in [-0.1, -0.05) is 29.8 Å². The summed E-state index contributed by atoms with van der Waals surface area (Å²) in [5.74, 6) is -0.972. The predicted molar refractivity (Wildman–Crippen MR) is 103 cm³/mol. The number of benzene rings is 3. The maximum Gasteiger partial charge on any atom is 0.261 e. The van der Waals surface area contributed by atoms with Crippen LogP contribution < -0.4 is 10.0 Å². The molecule has 5 nitrogen and oxygen atoms in total. The first kappa shape index (κ1) is 18.9. The molecule has 0 aliphatic rings. The fraction of sp³-hybridized carbons (Fsp3) is 0. The van der Waals surface area contributed by atoms with Crippen LogP contribution in [0, 0.1) is 5.82 Å². The van der Waals surface area contributed by atoms with E-state index >= 15 is 0 Å². The predicted octanol–water partition coefficient (Wildman–Crippen LogP) is 4.53. The van der Waals surface area contributed by atoms with Gasteiger partial charge in [0.15, 0.2) is 0 Å². The Morgan fingerprint density at radius 1 is 0.889 bits per heavy atom. The van der Waals surface area contributed by atoms with Gasteiger partial charge in [0, 0.05) is 22.0 Å². The number of amides is 1. The first-order valence-corrected chi connectivity index (χ1v) is 9.65. The Morgan fingerprint density at radius 2 is 1.59 bits per heavy atom. The molecule has 0 heterocycles. The lowest BCUT2D eigenvalue weighted by Gasteiger charge is -2.10. The number of carbonyl (C=O) groups is 1. The van der Waals surface area contributed by atoms with Crippen LogP contribution in [-0.4, -0.2) is 14.3 Å². The molecule has 8 heteroatoms. The van der Waals surface area contributed by atoms with Gasteiger partial charge in [0.1, 0.15) is 5.82 Å². The number of anilines is 2. The Morgan fingerprint density at radius 3 is 2.33 bits per heavy atom. The third-order valence-corrected chi connectivity index (χ3v) is 5.18. The highest BCUT2D eigenvalue weighted by Gasteiger charge is 2.15. The SMILES string of the molecule is O=C(Nc1cccc(F)c1)c1cccc(NS(=O)(=O)c2cccc(Cl)c2)c1. The topological polar surface area (TPSA) is 75.3 Å². The van der Waals surface area contributed by atoms with E-state index in [9.17, 15) is 17.6 Å². The second-order valence-corrected chi connectivity index (χ2v) is 7.73. The molecule has 3 rings (SSSR count). The largest absolute Gasteiger partial charge is 0.322 e. The van der Waals surface area contributed by atoms with Crippen molar-refractivity contribution in [2.75, 3.05) is 10.0 Å². The summed E-state index contributed by atoms with van der Waals surface area (Å²) >= 11 is 5.84. The van der Waals surface area contributed by atoms with Crippen LogP contribution in [0.25, 0.3) is 0 Å². The number of halogens is 2. The van der Waals surface area contributed by atoms with Crippen molar-refractivity contribution in [2.45, 2.75) is 4.90 Å². The molecule has 0 aliphatic carbocycles. The van der Waals surface area contributed by atoms with Crippen LogP contribution in [0.15, 0.2) is 77.7 Å². The van der Waals surface area contributed by atoms with Gasteiger partial charge in [-0.05, 0) is 54.6 Å². The summed E-state index contributed by atoms with van der Waals surface area (Å²) < 4.78 is 40.5. The van der Waals surface area contributed by atoms with Gasteiger partial charge in [0.2, 0.25) is 0 Å². The van der Waals surface area contributed by atoms with Crippen molar-refractivity contribution in [1.82, 2.24) is 0 Å². The quantitative estimate of drug-likeness (QED) is 0.655. The molecule has 0 saturated carbocycles. The average molecular weight is 405 g/mol. The summed E-state index contributed by atoms with van der Waals surface area (Å²) in [6.45, 7) is 0. The summed E-state index contributed by atoms with van der Waals surface area (Å²) in [4.78, 5) is 12.3. The van der Waals surface area contributed by atoms with Crippen LogP contribution in [0.3, 0.4) is 0 Å². The van der Waals surface area contributed by atoms with Crippen molar-refractivity contribution in [1.29, 1.82) is 0 Å². The zero-order chi connectivity index (χ0) is 19.4. The van der Waals surface area contributed by atoms with Gasteiger partial charge in [0.25, 0.3) is 15.9 Å². The molecule has 3 aromatic rings. The molecule has 27 heavy (non-hydrogen) atoms. The monoisotopic (exact) mass is 404 g/mol. The molecule has 0 unspecified atom stereocenters. The Bertz CT molecular complexity index is 1100. The van der Waals surface area contributed by atoms with Crippen LogP contribution in [0.2, 0.25) is 5.02 Å². The van der Waals surface area contributed by atoms with Crippen LogP contribution >= 0.6 is 11.6 Å². The van der Waals surface area contributed by atoms with E-state index in [0.717, 1.165) is 0 Å². The second kappa shape index (κ2) is 7.77. The molecular formula is C19H14ClFN2O3S. The van der Waals surface area contributed by atoms with Crippen LogP contribution in [0.4, 0.5) is 15.8 Å². The number of nitrogens with one attached hydrogen (secondary N) is 2. The molecule has 0 spiro atoms. The molecule has 0 fully saturated rings. The third-order valence-electron chi connectivity index (χ3n) is 3.57. The molecule has 0 aliphatic heterocycles. The number of hydrogen-bond acceptors (Lipinski definition) is 3. The van der Waals surface area contributed by atoms with Gasteiger partial charge in [-0.25, -0.2) is 12.8 Å². The molecule has 0 aromatic heterocycles. The number of carbonyl (C=O) groups excluding carboxylic acids is 1. The minimum absolute atomic E-state index is 0.00427. The van der Waals surface area contributed by atoms with E-state index in [1.165, 1.54) is 60.7 Å².